The fourth-order valence-corrected chi connectivity index (χ4v) is 2.30. The summed E-state index contributed by atoms with van der Waals surface area (Å²) in [5.74, 6) is 2.61. The summed E-state index contributed by atoms with van der Waals surface area (Å²) >= 11 is 0. The SMILES string of the molecule is C#CC1=CC(C)=C(c2ccccc2)N(CCF)C1=C. The Labute approximate surface area is 113 Å². The summed E-state index contributed by atoms with van der Waals surface area (Å²) in [6.45, 7) is 5.79. The van der Waals surface area contributed by atoms with E-state index in [1.54, 1.807) is 0 Å². The lowest BCUT2D eigenvalue weighted by Gasteiger charge is -2.33. The number of hydrogen-bond donors (Lipinski definition) is 0. The highest BCUT2D eigenvalue weighted by Crippen LogP contribution is 2.34. The van der Waals surface area contributed by atoms with Crippen LogP contribution in [0.4, 0.5) is 4.39 Å². The largest absolute Gasteiger partial charge is 0.338 e. The minimum absolute atomic E-state index is 0.263. The van der Waals surface area contributed by atoms with E-state index >= 15 is 0 Å². The molecule has 1 aliphatic heterocycles. The lowest BCUT2D eigenvalue weighted by molar-refractivity contribution is 0.392. The molecule has 19 heavy (non-hydrogen) atoms. The van der Waals surface area contributed by atoms with Crippen molar-refractivity contribution in [1.29, 1.82) is 0 Å². The summed E-state index contributed by atoms with van der Waals surface area (Å²) in [6, 6.07) is 9.90. The molecule has 0 spiro atoms. The van der Waals surface area contributed by atoms with Crippen molar-refractivity contribution in [2.75, 3.05) is 13.2 Å². The van der Waals surface area contributed by atoms with Crippen molar-refractivity contribution in [2.24, 2.45) is 0 Å². The first-order valence-corrected chi connectivity index (χ1v) is 6.16. The summed E-state index contributed by atoms with van der Waals surface area (Å²) in [6.07, 6.45) is 7.41. The zero-order chi connectivity index (χ0) is 13.8. The lowest BCUT2D eigenvalue weighted by atomic mass is 9.97. The van der Waals surface area contributed by atoms with Gasteiger partial charge in [-0.25, -0.2) is 4.39 Å². The second kappa shape index (κ2) is 5.58. The van der Waals surface area contributed by atoms with Gasteiger partial charge in [-0.3, -0.25) is 0 Å². The van der Waals surface area contributed by atoms with Crippen LogP contribution in [0, 0.1) is 12.3 Å². The van der Waals surface area contributed by atoms with Crippen molar-refractivity contribution < 1.29 is 4.39 Å². The summed E-state index contributed by atoms with van der Waals surface area (Å²) in [4.78, 5) is 1.86. The van der Waals surface area contributed by atoms with E-state index in [0.717, 1.165) is 16.8 Å². The minimum Gasteiger partial charge on any atom is -0.338 e. The van der Waals surface area contributed by atoms with E-state index in [9.17, 15) is 4.39 Å². The number of halogens is 1. The maximum absolute atomic E-state index is 12.8. The molecule has 0 saturated heterocycles. The molecule has 0 radical (unpaired) electrons. The van der Waals surface area contributed by atoms with Crippen LogP contribution in [0.1, 0.15) is 12.5 Å². The molecule has 0 bridgehead atoms. The third kappa shape index (κ3) is 2.46. The molecule has 0 saturated carbocycles. The summed E-state index contributed by atoms with van der Waals surface area (Å²) in [7, 11) is 0. The number of terminal acetylenes is 1. The molecule has 1 aromatic rings. The van der Waals surface area contributed by atoms with Crippen LogP contribution in [0.2, 0.25) is 0 Å². The molecule has 0 atom stereocenters. The smallest absolute Gasteiger partial charge is 0.107 e. The summed E-state index contributed by atoms with van der Waals surface area (Å²) in [5, 5.41) is 0. The average Bonchev–Trinajstić information content (AvgIpc) is 2.44. The molecular weight excluding hydrogens is 237 g/mol. The Hall–Kier alpha value is -2.27. The van der Waals surface area contributed by atoms with Crippen molar-refractivity contribution in [3.63, 3.8) is 0 Å². The van der Waals surface area contributed by atoms with E-state index in [-0.39, 0.29) is 6.54 Å². The Morgan fingerprint density at radius 1 is 1.32 bits per heavy atom. The van der Waals surface area contributed by atoms with Crippen molar-refractivity contribution in [3.05, 3.63) is 65.4 Å². The van der Waals surface area contributed by atoms with E-state index in [1.165, 1.54) is 0 Å². The fourth-order valence-electron chi connectivity index (χ4n) is 2.30. The molecule has 0 N–H and O–H groups in total. The normalized spacial score (nSPS) is 15.3. The van der Waals surface area contributed by atoms with Crippen LogP contribution in [0.5, 0.6) is 0 Å². The van der Waals surface area contributed by atoms with Gasteiger partial charge in [-0.2, -0.15) is 0 Å². The first kappa shape index (κ1) is 13.2. The zero-order valence-electron chi connectivity index (χ0n) is 11.0. The molecule has 0 aliphatic carbocycles. The van der Waals surface area contributed by atoms with Gasteiger partial charge in [-0.05, 0) is 24.1 Å². The van der Waals surface area contributed by atoms with Gasteiger partial charge in [0.1, 0.15) is 6.67 Å². The Morgan fingerprint density at radius 2 is 2.00 bits per heavy atom. The molecule has 1 aliphatic rings. The fraction of sp³-hybridized carbons (Fsp3) is 0.176. The van der Waals surface area contributed by atoms with Gasteiger partial charge in [0.05, 0.1) is 12.2 Å². The highest BCUT2D eigenvalue weighted by Gasteiger charge is 2.22. The molecule has 1 aromatic carbocycles. The molecule has 96 valence electrons. The highest BCUT2D eigenvalue weighted by atomic mass is 19.1. The maximum atomic E-state index is 12.8. The monoisotopic (exact) mass is 253 g/mol. The van der Waals surface area contributed by atoms with Crippen LogP contribution >= 0.6 is 0 Å². The molecule has 1 nitrogen and oxygen atoms in total. The number of nitrogens with zero attached hydrogens (tertiary/aromatic N) is 1. The van der Waals surface area contributed by atoms with Crippen molar-refractivity contribution in [1.82, 2.24) is 4.90 Å². The van der Waals surface area contributed by atoms with Crippen LogP contribution in [-0.2, 0) is 0 Å². The molecule has 2 rings (SSSR count). The van der Waals surface area contributed by atoms with E-state index in [4.69, 9.17) is 6.42 Å². The molecule has 0 aromatic heterocycles. The van der Waals surface area contributed by atoms with Gasteiger partial charge in [-0.15, -0.1) is 6.42 Å². The second-order valence-electron chi connectivity index (χ2n) is 4.39. The number of benzene rings is 1. The van der Waals surface area contributed by atoms with Gasteiger partial charge in [0, 0.05) is 11.3 Å². The Morgan fingerprint density at radius 3 is 2.58 bits per heavy atom. The predicted molar refractivity (Wildman–Crippen MR) is 77.8 cm³/mol. The van der Waals surface area contributed by atoms with Gasteiger partial charge in [-0.1, -0.05) is 42.8 Å². The van der Waals surface area contributed by atoms with E-state index in [2.05, 4.69) is 12.5 Å². The second-order valence-corrected chi connectivity index (χ2v) is 4.39. The van der Waals surface area contributed by atoms with Gasteiger partial charge < -0.3 is 4.90 Å². The Kier molecular flexibility index (Phi) is 3.87. The topological polar surface area (TPSA) is 3.24 Å². The van der Waals surface area contributed by atoms with Crippen LogP contribution in [-0.4, -0.2) is 18.1 Å². The molecule has 1 heterocycles. The van der Waals surface area contributed by atoms with Gasteiger partial charge in [0.15, 0.2) is 0 Å². The quantitative estimate of drug-likeness (QED) is 0.741. The highest BCUT2D eigenvalue weighted by molar-refractivity contribution is 5.75. The van der Waals surface area contributed by atoms with Crippen molar-refractivity contribution >= 4 is 5.70 Å². The van der Waals surface area contributed by atoms with Crippen molar-refractivity contribution in [2.45, 2.75) is 6.92 Å². The van der Waals surface area contributed by atoms with Crippen LogP contribution < -0.4 is 0 Å². The maximum Gasteiger partial charge on any atom is 0.107 e. The average molecular weight is 253 g/mol. The number of hydrogen-bond acceptors (Lipinski definition) is 1. The first-order chi connectivity index (χ1) is 9.19. The lowest BCUT2D eigenvalue weighted by Crippen LogP contribution is -2.27. The van der Waals surface area contributed by atoms with Gasteiger partial charge in [0.25, 0.3) is 0 Å². The van der Waals surface area contributed by atoms with Crippen LogP contribution in [0.25, 0.3) is 5.70 Å². The third-order valence-corrected chi connectivity index (χ3v) is 3.15. The van der Waals surface area contributed by atoms with Gasteiger partial charge >= 0.3 is 0 Å². The predicted octanol–water partition coefficient (Wildman–Crippen LogP) is 3.78. The van der Waals surface area contributed by atoms with Crippen LogP contribution in [0.15, 0.2) is 59.8 Å². The molecule has 2 heteroatoms. The summed E-state index contributed by atoms with van der Waals surface area (Å²) in [5.41, 5.74) is 4.44. The first-order valence-electron chi connectivity index (χ1n) is 6.16. The molecule has 0 fully saturated rings. The number of allylic oxidation sites excluding steroid dienone is 3. The zero-order valence-corrected chi connectivity index (χ0v) is 11.0. The standard InChI is InChI=1S/C17H16FN/c1-4-15-12-13(2)17(16-8-6-5-7-9-16)19(11-10-18)14(15)3/h1,5-9,12H,3,10-11H2,2H3. The van der Waals surface area contributed by atoms with Gasteiger partial charge in [0.2, 0.25) is 0 Å². The van der Waals surface area contributed by atoms with Crippen molar-refractivity contribution in [3.8, 4) is 12.3 Å². The van der Waals surface area contributed by atoms with E-state index < -0.39 is 6.67 Å². The third-order valence-electron chi connectivity index (χ3n) is 3.15. The molecule has 0 unspecified atom stereocenters. The minimum atomic E-state index is -0.444. The Balaban J connectivity index is 2.56. The van der Waals surface area contributed by atoms with E-state index in [0.29, 0.717) is 11.3 Å². The Bertz CT molecular complexity index is 587. The molecular formula is C17H16FN. The number of alkyl halides is 1. The summed E-state index contributed by atoms with van der Waals surface area (Å²) < 4.78 is 12.8. The molecule has 0 amide bonds. The van der Waals surface area contributed by atoms with E-state index in [1.807, 2.05) is 48.2 Å². The number of rotatable bonds is 3. The van der Waals surface area contributed by atoms with Crippen LogP contribution in [0.3, 0.4) is 0 Å².